The van der Waals surface area contributed by atoms with E-state index < -0.39 is 92.0 Å². The van der Waals surface area contributed by atoms with Crippen molar-refractivity contribution in [2.24, 2.45) is 34.6 Å². The Morgan fingerprint density at radius 1 is 0.884 bits per heavy atom. The zero-order valence-corrected chi connectivity index (χ0v) is 24.3. The van der Waals surface area contributed by atoms with Gasteiger partial charge in [-0.25, -0.2) is 0 Å². The van der Waals surface area contributed by atoms with Gasteiger partial charge in [0.1, 0.15) is 42.7 Å². The zero-order chi connectivity index (χ0) is 31.4. The molecule has 43 heavy (non-hydrogen) atoms. The van der Waals surface area contributed by atoms with Gasteiger partial charge in [-0.1, -0.05) is 0 Å². The maximum Gasteiger partial charge on any atom is 0.250 e. The molecule has 0 spiro atoms. The Hall–Kier alpha value is -1.13. The van der Waals surface area contributed by atoms with Gasteiger partial charge >= 0.3 is 0 Å². The lowest BCUT2D eigenvalue weighted by Gasteiger charge is -2.48. The molecule has 14 atom stereocenters. The van der Waals surface area contributed by atoms with E-state index in [1.807, 2.05) is 0 Å². The van der Waals surface area contributed by atoms with Crippen molar-refractivity contribution in [2.45, 2.75) is 124 Å². The number of amides is 1. The second-order valence-corrected chi connectivity index (χ2v) is 12.4. The van der Waals surface area contributed by atoms with E-state index in [0.717, 1.165) is 25.8 Å². The van der Waals surface area contributed by atoms with Crippen molar-refractivity contribution in [3.05, 3.63) is 0 Å². The number of aliphatic hydroxyl groups is 5. The molecule has 2 saturated carbocycles. The maximum atomic E-state index is 12.5. The largest absolute Gasteiger partial charge is 0.394 e. The molecular weight excluding hydrogens is 570 g/mol. The van der Waals surface area contributed by atoms with Crippen molar-refractivity contribution < 1.29 is 49.3 Å². The molecule has 2 saturated heterocycles. The Balaban J connectivity index is 1.44. The van der Waals surface area contributed by atoms with Gasteiger partial charge in [0, 0.05) is 25.2 Å². The summed E-state index contributed by atoms with van der Waals surface area (Å²) in [5.41, 5.74) is 30.0. The third-order valence-electron chi connectivity index (χ3n) is 8.97. The number of nitrogens with two attached hydrogens (primary N) is 5. The summed E-state index contributed by atoms with van der Waals surface area (Å²) in [7, 11) is 0. The molecule has 0 aromatic rings. The minimum atomic E-state index is -1.55. The molecule has 0 aromatic carbocycles. The molecule has 1 unspecified atom stereocenters. The van der Waals surface area contributed by atoms with Gasteiger partial charge in [-0.2, -0.15) is 0 Å². The number of carbonyl (C=O) groups excluding carboxylic acids is 1. The summed E-state index contributed by atoms with van der Waals surface area (Å²) in [6, 6.07) is -3.27. The van der Waals surface area contributed by atoms with Crippen LogP contribution in [0.4, 0.5) is 0 Å². The molecular formula is C26H51N7O10. The molecule has 17 N–H and O–H groups in total. The van der Waals surface area contributed by atoms with Gasteiger partial charge in [0.15, 0.2) is 12.6 Å². The molecule has 4 rings (SSSR count). The summed E-state index contributed by atoms with van der Waals surface area (Å²) >= 11 is 0. The average molecular weight is 622 g/mol. The van der Waals surface area contributed by atoms with E-state index in [1.54, 1.807) is 0 Å². The molecule has 1 amide bonds. The smallest absolute Gasteiger partial charge is 0.250 e. The molecule has 17 nitrogen and oxygen atoms in total. The predicted octanol–water partition coefficient (Wildman–Crippen LogP) is -6.42. The van der Waals surface area contributed by atoms with Crippen LogP contribution < -0.4 is 39.3 Å². The molecule has 0 bridgehead atoms. The molecule has 0 radical (unpaired) electrons. The lowest BCUT2D eigenvalue weighted by Crippen LogP contribution is -2.69. The van der Waals surface area contributed by atoms with E-state index in [9.17, 15) is 30.3 Å². The summed E-state index contributed by atoms with van der Waals surface area (Å²) in [6.07, 6.45) is -8.74. The first-order valence-electron chi connectivity index (χ1n) is 15.1. The van der Waals surface area contributed by atoms with E-state index >= 15 is 0 Å². The van der Waals surface area contributed by atoms with Crippen LogP contribution in [-0.2, 0) is 23.7 Å². The molecule has 250 valence electrons. The quantitative estimate of drug-likeness (QED) is 0.0963. The van der Waals surface area contributed by atoms with E-state index in [2.05, 4.69) is 10.6 Å². The molecule has 17 heteroatoms. The Morgan fingerprint density at radius 3 is 2.23 bits per heavy atom. The second kappa shape index (κ2) is 15.4. The van der Waals surface area contributed by atoms with Crippen LogP contribution in [0.5, 0.6) is 0 Å². The van der Waals surface area contributed by atoms with Crippen molar-refractivity contribution >= 4 is 5.91 Å². The average Bonchev–Trinajstić information content (AvgIpc) is 2.96. The number of aliphatic hydroxyl groups excluding tert-OH is 5. The lowest BCUT2D eigenvalue weighted by molar-refractivity contribution is -0.314. The van der Waals surface area contributed by atoms with Gasteiger partial charge in [-0.15, -0.1) is 0 Å². The number of hydrogen-bond acceptors (Lipinski definition) is 16. The van der Waals surface area contributed by atoms with E-state index in [0.29, 0.717) is 18.9 Å². The van der Waals surface area contributed by atoms with Gasteiger partial charge in [0.2, 0.25) is 5.91 Å². The number of nitrogens with one attached hydrogen (secondary N) is 2. The predicted molar refractivity (Wildman–Crippen MR) is 151 cm³/mol. The van der Waals surface area contributed by atoms with Crippen LogP contribution >= 0.6 is 0 Å². The molecule has 4 fully saturated rings. The number of carbonyl (C=O) groups is 1. The van der Waals surface area contributed by atoms with Crippen LogP contribution in [0.1, 0.15) is 32.1 Å². The van der Waals surface area contributed by atoms with Gasteiger partial charge in [0.05, 0.1) is 30.8 Å². The summed E-state index contributed by atoms with van der Waals surface area (Å²) in [5.74, 6) is -0.265. The van der Waals surface area contributed by atoms with Crippen LogP contribution in [0.25, 0.3) is 0 Å². The fraction of sp³-hybridized carbons (Fsp3) is 0.962. The Kier molecular flexibility index (Phi) is 12.5. The van der Waals surface area contributed by atoms with Crippen molar-refractivity contribution in [3.8, 4) is 0 Å². The third-order valence-corrected chi connectivity index (χ3v) is 8.97. The summed E-state index contributed by atoms with van der Waals surface area (Å²) in [6.45, 7) is 0.474. The lowest BCUT2D eigenvalue weighted by atomic mass is 9.81. The van der Waals surface area contributed by atoms with Crippen LogP contribution in [0.3, 0.4) is 0 Å². The monoisotopic (exact) mass is 621 g/mol. The highest BCUT2D eigenvalue weighted by Crippen LogP contribution is 2.32. The topological polar surface area (TPSA) is 309 Å². The van der Waals surface area contributed by atoms with Gasteiger partial charge in [0.25, 0.3) is 0 Å². The van der Waals surface area contributed by atoms with Gasteiger partial charge in [-0.3, -0.25) is 4.79 Å². The van der Waals surface area contributed by atoms with Crippen molar-refractivity contribution in [2.75, 3.05) is 26.2 Å². The highest BCUT2D eigenvalue weighted by Gasteiger charge is 2.51. The number of rotatable bonds is 12. The van der Waals surface area contributed by atoms with Crippen LogP contribution in [-0.4, -0.2) is 149 Å². The summed E-state index contributed by atoms with van der Waals surface area (Å²) < 4.78 is 23.9. The molecule has 2 aliphatic carbocycles. The fourth-order valence-electron chi connectivity index (χ4n) is 6.22. The van der Waals surface area contributed by atoms with Gasteiger partial charge in [-0.05, 0) is 44.6 Å². The standard InChI is InChI=1S/C26H51N7O10/c27-6-16(35)24(39)33-15-5-14(30)22(21(38)23(15)43-26-20(37)18(31)19(36)17(9-34)41-26)42-25-13(29)2-1-12(40-25)8-32-7-10-3-11(28)4-10/h10-23,25-26,32,34-38H,1-9,27-31H2,(H,33,39)/t10?,11?,12-,13+,14-,15+,16-,17+,18-,19+,20+,21-,22?,23-,25+,26+/m0/s1. The van der Waals surface area contributed by atoms with Crippen molar-refractivity contribution in [3.63, 3.8) is 0 Å². The number of hydrogen-bond donors (Lipinski definition) is 12. The molecule has 2 heterocycles. The summed E-state index contributed by atoms with van der Waals surface area (Å²) in [5, 5.41) is 58.0. The highest BCUT2D eigenvalue weighted by atomic mass is 16.7. The maximum absolute atomic E-state index is 12.5. The van der Waals surface area contributed by atoms with E-state index in [-0.39, 0.29) is 25.1 Å². The molecule has 4 aliphatic rings. The van der Waals surface area contributed by atoms with Crippen LogP contribution in [0.15, 0.2) is 0 Å². The normalized spacial score (nSPS) is 46.1. The minimum Gasteiger partial charge on any atom is -0.394 e. The van der Waals surface area contributed by atoms with E-state index in [4.69, 9.17) is 47.6 Å². The van der Waals surface area contributed by atoms with Crippen molar-refractivity contribution in [1.82, 2.24) is 10.6 Å². The third kappa shape index (κ3) is 8.37. The summed E-state index contributed by atoms with van der Waals surface area (Å²) in [4.78, 5) is 12.5. The first-order chi connectivity index (χ1) is 20.4. The first-order valence-corrected chi connectivity index (χ1v) is 15.1. The Morgan fingerprint density at radius 2 is 1.58 bits per heavy atom. The van der Waals surface area contributed by atoms with E-state index in [1.165, 1.54) is 0 Å². The van der Waals surface area contributed by atoms with Crippen molar-refractivity contribution in [1.29, 1.82) is 0 Å². The number of ether oxygens (including phenoxy) is 4. The highest BCUT2D eigenvalue weighted by molar-refractivity contribution is 5.81. The Bertz CT molecular complexity index is 889. The fourth-order valence-corrected chi connectivity index (χ4v) is 6.22. The SMILES string of the molecule is NC[C@H](O)C(=O)N[C@@H]1C[C@H](N)C(O[C@H]2O[C@H](CNCC3CC(N)C3)CC[C@H]2N)[C@H](O)[C@H]1O[C@H]1O[C@H](CO)[C@@H](O)[C@H](N)[C@H]1O. The van der Waals surface area contributed by atoms with Crippen LogP contribution in [0, 0.1) is 5.92 Å². The molecule has 2 aliphatic heterocycles. The first kappa shape index (κ1) is 34.7. The van der Waals surface area contributed by atoms with Crippen LogP contribution in [0.2, 0.25) is 0 Å². The minimum absolute atomic E-state index is 0.0206. The zero-order valence-electron chi connectivity index (χ0n) is 24.3. The Labute approximate surface area is 250 Å². The van der Waals surface area contributed by atoms with Gasteiger partial charge < -0.3 is 83.8 Å². The second-order valence-electron chi connectivity index (χ2n) is 12.4. The molecule has 0 aromatic heterocycles.